The third-order valence-corrected chi connectivity index (χ3v) is 7.56. The maximum Gasteiger partial charge on any atom is 0.230 e. The summed E-state index contributed by atoms with van der Waals surface area (Å²) in [7, 11) is 0. The fourth-order valence-electron chi connectivity index (χ4n) is 5.10. The standard InChI is InChI=1S/C38H39N3O3/c1-29-25-39-35(24-38(43)40-34-15-9-4-10-16-34)23-33(29)21-22-41(26-30-11-5-2-6-12-30)27-37(42)32-17-19-36(20-18-32)44-28-31-13-7-3-8-14-31/h2-20,23,25,37,42H,21-22,24,26-28H2,1H3,(H,40,43). The number of nitrogens with zero attached hydrogens (tertiary/aromatic N) is 2. The van der Waals surface area contributed by atoms with E-state index in [4.69, 9.17) is 4.74 Å². The lowest BCUT2D eigenvalue weighted by molar-refractivity contribution is -0.115. The largest absolute Gasteiger partial charge is 0.489 e. The summed E-state index contributed by atoms with van der Waals surface area (Å²) in [5.41, 5.74) is 6.90. The van der Waals surface area contributed by atoms with Gasteiger partial charge in [-0.15, -0.1) is 0 Å². The van der Waals surface area contributed by atoms with Gasteiger partial charge in [-0.3, -0.25) is 14.7 Å². The van der Waals surface area contributed by atoms with Gasteiger partial charge >= 0.3 is 0 Å². The van der Waals surface area contributed by atoms with E-state index in [-0.39, 0.29) is 12.3 Å². The number of para-hydroxylation sites is 1. The number of hydrogen-bond acceptors (Lipinski definition) is 5. The summed E-state index contributed by atoms with van der Waals surface area (Å²) in [6, 6.07) is 39.6. The maximum atomic E-state index is 12.6. The number of pyridine rings is 1. The Morgan fingerprint density at radius 1 is 0.864 bits per heavy atom. The highest BCUT2D eigenvalue weighted by atomic mass is 16.5. The highest BCUT2D eigenvalue weighted by Gasteiger charge is 2.16. The fraction of sp³-hybridized carbons (Fsp3) is 0.211. The van der Waals surface area contributed by atoms with Crippen molar-refractivity contribution in [2.75, 3.05) is 18.4 Å². The molecule has 0 saturated carbocycles. The molecule has 0 aliphatic carbocycles. The monoisotopic (exact) mass is 585 g/mol. The Balaban J connectivity index is 1.21. The quantitative estimate of drug-likeness (QED) is 0.148. The van der Waals surface area contributed by atoms with E-state index in [1.165, 1.54) is 5.56 Å². The molecule has 0 radical (unpaired) electrons. The topological polar surface area (TPSA) is 74.7 Å². The summed E-state index contributed by atoms with van der Waals surface area (Å²) >= 11 is 0. The van der Waals surface area contributed by atoms with Crippen molar-refractivity contribution in [1.82, 2.24) is 9.88 Å². The van der Waals surface area contributed by atoms with Gasteiger partial charge in [0.2, 0.25) is 5.91 Å². The van der Waals surface area contributed by atoms with Crippen molar-refractivity contribution in [1.29, 1.82) is 0 Å². The number of aromatic nitrogens is 1. The molecule has 0 spiro atoms. The molecule has 2 N–H and O–H groups in total. The van der Waals surface area contributed by atoms with E-state index in [9.17, 15) is 9.90 Å². The van der Waals surface area contributed by atoms with Crippen LogP contribution in [0.4, 0.5) is 5.69 Å². The normalized spacial score (nSPS) is 11.7. The summed E-state index contributed by atoms with van der Waals surface area (Å²) in [5.74, 6) is 0.677. The van der Waals surface area contributed by atoms with Crippen LogP contribution in [-0.4, -0.2) is 34.0 Å². The molecule has 6 heteroatoms. The zero-order chi connectivity index (χ0) is 30.6. The second-order valence-corrected chi connectivity index (χ2v) is 11.0. The van der Waals surface area contributed by atoms with Crippen molar-refractivity contribution < 1.29 is 14.6 Å². The summed E-state index contributed by atoms with van der Waals surface area (Å²) < 4.78 is 5.93. The van der Waals surface area contributed by atoms with Crippen LogP contribution >= 0.6 is 0 Å². The van der Waals surface area contributed by atoms with Crippen LogP contribution in [0.2, 0.25) is 0 Å². The molecule has 0 bridgehead atoms. The minimum absolute atomic E-state index is 0.0937. The van der Waals surface area contributed by atoms with Crippen LogP contribution in [0.15, 0.2) is 128 Å². The van der Waals surface area contributed by atoms with Gasteiger partial charge in [0.1, 0.15) is 12.4 Å². The summed E-state index contributed by atoms with van der Waals surface area (Å²) in [6.07, 6.45) is 2.17. The Morgan fingerprint density at radius 3 is 2.18 bits per heavy atom. The van der Waals surface area contributed by atoms with Gasteiger partial charge < -0.3 is 15.2 Å². The van der Waals surface area contributed by atoms with Crippen molar-refractivity contribution in [2.45, 2.75) is 39.0 Å². The number of rotatable bonds is 14. The highest BCUT2D eigenvalue weighted by molar-refractivity contribution is 5.92. The molecule has 0 aliphatic rings. The predicted octanol–water partition coefficient (Wildman–Crippen LogP) is 6.93. The van der Waals surface area contributed by atoms with Crippen LogP contribution in [0.25, 0.3) is 0 Å². The number of aliphatic hydroxyl groups excluding tert-OH is 1. The second-order valence-electron chi connectivity index (χ2n) is 11.0. The van der Waals surface area contributed by atoms with Crippen LogP contribution in [0.1, 0.15) is 39.6 Å². The first-order chi connectivity index (χ1) is 21.5. The Hall–Kier alpha value is -4.78. The Bertz CT molecular complexity index is 1590. The van der Waals surface area contributed by atoms with Crippen LogP contribution < -0.4 is 10.1 Å². The number of hydrogen-bond donors (Lipinski definition) is 2. The molecule has 44 heavy (non-hydrogen) atoms. The molecule has 1 atom stereocenters. The molecule has 0 saturated heterocycles. The number of aryl methyl sites for hydroxylation is 1. The van der Waals surface area contributed by atoms with Crippen LogP contribution in [-0.2, 0) is 30.8 Å². The smallest absolute Gasteiger partial charge is 0.230 e. The summed E-state index contributed by atoms with van der Waals surface area (Å²) in [5, 5.41) is 14.2. The Labute approximate surface area is 260 Å². The van der Waals surface area contributed by atoms with Crippen molar-refractivity contribution in [3.05, 3.63) is 161 Å². The molecule has 224 valence electrons. The van der Waals surface area contributed by atoms with E-state index in [2.05, 4.69) is 27.3 Å². The first-order valence-electron chi connectivity index (χ1n) is 15.0. The first-order valence-corrected chi connectivity index (χ1v) is 15.0. The van der Waals surface area contributed by atoms with Crippen molar-refractivity contribution in [3.8, 4) is 5.75 Å². The SMILES string of the molecule is Cc1cnc(CC(=O)Nc2ccccc2)cc1CCN(Cc1ccccc1)CC(O)c1ccc(OCc2ccccc2)cc1. The zero-order valence-electron chi connectivity index (χ0n) is 25.1. The number of amides is 1. The van der Waals surface area contributed by atoms with E-state index in [0.717, 1.165) is 52.4 Å². The van der Waals surface area contributed by atoms with Gasteiger partial charge in [-0.05, 0) is 71.5 Å². The highest BCUT2D eigenvalue weighted by Crippen LogP contribution is 2.21. The van der Waals surface area contributed by atoms with Gasteiger partial charge in [-0.2, -0.15) is 0 Å². The summed E-state index contributed by atoms with van der Waals surface area (Å²) in [4.78, 5) is 19.4. The number of benzene rings is 4. The molecule has 5 rings (SSSR count). The molecular weight excluding hydrogens is 546 g/mol. The predicted molar refractivity (Wildman–Crippen MR) is 175 cm³/mol. The van der Waals surface area contributed by atoms with Crippen LogP contribution in [0.5, 0.6) is 5.75 Å². The number of carbonyl (C=O) groups excluding carboxylic acids is 1. The fourth-order valence-corrected chi connectivity index (χ4v) is 5.10. The molecule has 1 aromatic heterocycles. The number of anilines is 1. The average molecular weight is 586 g/mol. The molecule has 5 aromatic rings. The third kappa shape index (κ3) is 9.36. The number of nitrogens with one attached hydrogen (secondary N) is 1. The lowest BCUT2D eigenvalue weighted by Gasteiger charge is -2.26. The van der Waals surface area contributed by atoms with E-state index in [0.29, 0.717) is 19.7 Å². The molecule has 1 heterocycles. The van der Waals surface area contributed by atoms with Gasteiger partial charge in [0, 0.05) is 37.2 Å². The van der Waals surface area contributed by atoms with Gasteiger partial charge in [0.25, 0.3) is 0 Å². The lowest BCUT2D eigenvalue weighted by Crippen LogP contribution is -2.30. The molecule has 1 amide bonds. The van der Waals surface area contributed by atoms with E-state index >= 15 is 0 Å². The summed E-state index contributed by atoms with van der Waals surface area (Å²) in [6.45, 7) is 4.49. The van der Waals surface area contributed by atoms with Crippen molar-refractivity contribution >= 4 is 11.6 Å². The number of carbonyl (C=O) groups is 1. The van der Waals surface area contributed by atoms with Crippen molar-refractivity contribution in [2.24, 2.45) is 0 Å². The van der Waals surface area contributed by atoms with Crippen LogP contribution in [0.3, 0.4) is 0 Å². The molecule has 4 aromatic carbocycles. The third-order valence-electron chi connectivity index (χ3n) is 7.56. The average Bonchev–Trinajstić information content (AvgIpc) is 3.05. The molecular formula is C38H39N3O3. The maximum absolute atomic E-state index is 12.6. The molecule has 6 nitrogen and oxygen atoms in total. The molecule has 0 fully saturated rings. The van der Waals surface area contributed by atoms with E-state index in [1.807, 2.05) is 122 Å². The van der Waals surface area contributed by atoms with E-state index < -0.39 is 6.10 Å². The van der Waals surface area contributed by atoms with Gasteiger partial charge in [-0.25, -0.2) is 0 Å². The Kier molecular flexibility index (Phi) is 10.9. The Morgan fingerprint density at radius 2 is 1.50 bits per heavy atom. The number of ether oxygens (including phenoxy) is 1. The zero-order valence-corrected chi connectivity index (χ0v) is 25.1. The van der Waals surface area contributed by atoms with Gasteiger partial charge in [0.05, 0.1) is 12.5 Å². The molecule has 0 aliphatic heterocycles. The van der Waals surface area contributed by atoms with Gasteiger partial charge in [0.15, 0.2) is 0 Å². The van der Waals surface area contributed by atoms with Crippen LogP contribution in [0, 0.1) is 6.92 Å². The lowest BCUT2D eigenvalue weighted by atomic mass is 10.0. The van der Waals surface area contributed by atoms with Crippen molar-refractivity contribution in [3.63, 3.8) is 0 Å². The number of aliphatic hydroxyl groups is 1. The van der Waals surface area contributed by atoms with E-state index in [1.54, 1.807) is 0 Å². The molecule has 1 unspecified atom stereocenters. The minimum Gasteiger partial charge on any atom is -0.489 e. The first kappa shape index (κ1) is 30.7. The minimum atomic E-state index is -0.655. The second kappa shape index (κ2) is 15.6. The van der Waals surface area contributed by atoms with Gasteiger partial charge in [-0.1, -0.05) is 91.0 Å².